The van der Waals surface area contributed by atoms with Gasteiger partial charge in [0.25, 0.3) is 0 Å². The van der Waals surface area contributed by atoms with Gasteiger partial charge in [-0.1, -0.05) is 65.1 Å². The number of thioether (sulfide) groups is 1. The van der Waals surface area contributed by atoms with E-state index < -0.39 is 57.1 Å². The van der Waals surface area contributed by atoms with Crippen molar-refractivity contribution in [1.82, 2.24) is 4.57 Å². The van der Waals surface area contributed by atoms with Crippen molar-refractivity contribution in [3.63, 3.8) is 0 Å². The number of imide groups is 1. The highest BCUT2D eigenvalue weighted by atomic mass is 32.2. The van der Waals surface area contributed by atoms with E-state index in [-0.39, 0.29) is 6.54 Å². The summed E-state index contributed by atoms with van der Waals surface area (Å²) in [6, 6.07) is 19.1. The van der Waals surface area contributed by atoms with Crippen LogP contribution in [0.2, 0.25) is 0 Å². The fourth-order valence-electron chi connectivity index (χ4n) is 6.22. The normalized spacial score (nSPS) is 19.0. The second-order valence-electron chi connectivity index (χ2n) is 11.4. The number of hydrogen-bond donors (Lipinski definition) is 1. The van der Waals surface area contributed by atoms with E-state index in [1.807, 2.05) is 57.2 Å². The SMILES string of the molecule is CCN(CC)c1ccc([C@H]2c3sc(=O)n(CC(=O)Nc4ccc(C)cc4)c3SC3C(=O)N(c4ccccc4C(F)(F)F)C(=O)C32)cc1. The summed E-state index contributed by atoms with van der Waals surface area (Å²) in [5, 5.41) is 2.01. The predicted octanol–water partition coefficient (Wildman–Crippen LogP) is 6.52. The number of aryl methyl sites for hydroxylation is 1. The summed E-state index contributed by atoms with van der Waals surface area (Å²) in [5.74, 6) is -3.91. The summed E-state index contributed by atoms with van der Waals surface area (Å²) in [6.45, 7) is 7.15. The molecule has 0 saturated carbocycles. The van der Waals surface area contributed by atoms with Crippen LogP contribution < -0.4 is 20.0 Å². The van der Waals surface area contributed by atoms with E-state index in [2.05, 4.69) is 10.2 Å². The number of thiazole rings is 1. The third-order valence-electron chi connectivity index (χ3n) is 8.52. The molecule has 1 fully saturated rings. The third-order valence-corrected chi connectivity index (χ3v) is 11.1. The van der Waals surface area contributed by atoms with E-state index in [4.69, 9.17) is 0 Å². The van der Waals surface area contributed by atoms with Crippen molar-refractivity contribution in [3.8, 4) is 0 Å². The molecule has 1 saturated heterocycles. The van der Waals surface area contributed by atoms with Crippen LogP contribution in [0.15, 0.2) is 82.6 Å². The molecule has 8 nitrogen and oxygen atoms in total. The Morgan fingerprint density at radius 2 is 1.57 bits per heavy atom. The van der Waals surface area contributed by atoms with Crippen LogP contribution in [0.25, 0.3) is 0 Å². The first-order valence-electron chi connectivity index (χ1n) is 15.1. The summed E-state index contributed by atoms with van der Waals surface area (Å²) < 4.78 is 43.5. The van der Waals surface area contributed by atoms with Crippen LogP contribution in [0.4, 0.5) is 30.2 Å². The maximum Gasteiger partial charge on any atom is 0.418 e. The topological polar surface area (TPSA) is 91.7 Å². The van der Waals surface area contributed by atoms with E-state index in [0.29, 0.717) is 26.1 Å². The lowest BCUT2D eigenvalue weighted by Gasteiger charge is -2.31. The Labute approximate surface area is 277 Å². The van der Waals surface area contributed by atoms with Crippen LogP contribution in [0.3, 0.4) is 0 Å². The Balaban J connectivity index is 1.43. The molecule has 244 valence electrons. The number of alkyl halides is 3. The molecule has 1 N–H and O–H groups in total. The molecule has 2 aliphatic rings. The zero-order chi connectivity index (χ0) is 33.6. The molecule has 3 aromatic carbocycles. The van der Waals surface area contributed by atoms with E-state index >= 15 is 0 Å². The van der Waals surface area contributed by atoms with Crippen molar-refractivity contribution >= 4 is 57.9 Å². The quantitative estimate of drug-likeness (QED) is 0.213. The maximum atomic E-state index is 14.2. The number of benzene rings is 3. The van der Waals surface area contributed by atoms with Crippen molar-refractivity contribution in [1.29, 1.82) is 0 Å². The lowest BCUT2D eigenvalue weighted by molar-refractivity contribution is -0.137. The highest BCUT2D eigenvalue weighted by Gasteiger charge is 2.57. The molecule has 0 aliphatic carbocycles. The van der Waals surface area contributed by atoms with Crippen molar-refractivity contribution < 1.29 is 27.6 Å². The fourth-order valence-corrected chi connectivity index (χ4v) is 9.00. The van der Waals surface area contributed by atoms with Crippen molar-refractivity contribution in [3.05, 3.63) is 104 Å². The van der Waals surface area contributed by atoms with Gasteiger partial charge in [-0.25, -0.2) is 4.90 Å². The lowest BCUT2D eigenvalue weighted by atomic mass is 9.83. The summed E-state index contributed by atoms with van der Waals surface area (Å²) in [5.41, 5.74) is 1.52. The zero-order valence-electron chi connectivity index (χ0n) is 25.7. The number of amides is 3. The van der Waals surface area contributed by atoms with Crippen LogP contribution in [-0.2, 0) is 27.1 Å². The summed E-state index contributed by atoms with van der Waals surface area (Å²) in [7, 11) is 0. The molecule has 3 atom stereocenters. The Kier molecular flexibility index (Phi) is 8.79. The highest BCUT2D eigenvalue weighted by molar-refractivity contribution is 8.00. The minimum Gasteiger partial charge on any atom is -0.372 e. The van der Waals surface area contributed by atoms with Crippen molar-refractivity contribution in [2.75, 3.05) is 28.2 Å². The molecule has 13 heteroatoms. The molecule has 3 heterocycles. The number of carbonyl (C=O) groups excluding carboxylic acids is 3. The van der Waals surface area contributed by atoms with Gasteiger partial charge in [0, 0.05) is 35.3 Å². The second-order valence-corrected chi connectivity index (χ2v) is 13.5. The van der Waals surface area contributed by atoms with E-state index in [9.17, 15) is 32.3 Å². The molecular formula is C34H31F3N4O4S2. The molecule has 3 amide bonds. The van der Waals surface area contributed by atoms with Gasteiger partial charge in [-0.3, -0.25) is 23.7 Å². The van der Waals surface area contributed by atoms with Crippen molar-refractivity contribution in [2.24, 2.45) is 5.92 Å². The van der Waals surface area contributed by atoms with Gasteiger partial charge in [-0.05, 0) is 62.7 Å². The number of hydrogen-bond acceptors (Lipinski definition) is 7. The Hall–Kier alpha value is -4.36. The van der Waals surface area contributed by atoms with Crippen LogP contribution in [0.1, 0.15) is 41.3 Å². The lowest BCUT2D eigenvalue weighted by Crippen LogP contribution is -2.33. The largest absolute Gasteiger partial charge is 0.418 e. The van der Waals surface area contributed by atoms with Crippen LogP contribution in [0.5, 0.6) is 0 Å². The first kappa shape index (κ1) is 32.6. The molecule has 2 aliphatic heterocycles. The predicted molar refractivity (Wildman–Crippen MR) is 177 cm³/mol. The smallest absolute Gasteiger partial charge is 0.372 e. The molecule has 0 radical (unpaired) electrons. The number of halogens is 3. The Morgan fingerprint density at radius 1 is 0.915 bits per heavy atom. The van der Waals surface area contributed by atoms with Crippen LogP contribution in [-0.4, -0.2) is 40.6 Å². The molecule has 0 spiro atoms. The molecular weight excluding hydrogens is 650 g/mol. The van der Waals surface area contributed by atoms with Gasteiger partial charge in [0.1, 0.15) is 11.8 Å². The molecule has 47 heavy (non-hydrogen) atoms. The number of carbonyl (C=O) groups is 3. The minimum absolute atomic E-state index is 0.348. The number of anilines is 3. The Morgan fingerprint density at radius 3 is 2.21 bits per heavy atom. The van der Waals surface area contributed by atoms with Gasteiger partial charge in [0.05, 0.1) is 22.2 Å². The van der Waals surface area contributed by atoms with Gasteiger partial charge in [-0.15, -0.1) is 0 Å². The third kappa shape index (κ3) is 5.98. The van der Waals surface area contributed by atoms with Gasteiger partial charge >= 0.3 is 11.0 Å². The van der Waals surface area contributed by atoms with Gasteiger partial charge in [0.2, 0.25) is 17.7 Å². The van der Waals surface area contributed by atoms with Crippen LogP contribution >= 0.6 is 23.1 Å². The minimum atomic E-state index is -4.80. The molecule has 2 unspecified atom stereocenters. The highest BCUT2D eigenvalue weighted by Crippen LogP contribution is 2.54. The van der Waals surface area contributed by atoms with E-state index in [1.54, 1.807) is 12.1 Å². The first-order chi connectivity index (χ1) is 22.4. The van der Waals surface area contributed by atoms with Crippen molar-refractivity contribution in [2.45, 2.75) is 49.7 Å². The van der Waals surface area contributed by atoms with Gasteiger partial charge < -0.3 is 10.2 Å². The summed E-state index contributed by atoms with van der Waals surface area (Å²) >= 11 is 1.83. The Bertz CT molecular complexity index is 1900. The standard InChI is InChI=1S/C34H31F3N4O4S2/c1-4-39(5-2)22-16-12-20(13-17-22)26-27-28(31(44)41(30(27)43)24-9-7-6-8-23(24)34(35,36)37)46-32-29(26)47-33(45)40(32)18-25(42)38-21-14-10-19(3)11-15-21/h6-17,26-28H,4-5,18H2,1-3H3,(H,38,42)/t26-,27?,28?/m1/s1. The summed E-state index contributed by atoms with van der Waals surface area (Å²) in [4.78, 5) is 57.5. The second kappa shape index (κ2) is 12.7. The number of rotatable bonds is 8. The summed E-state index contributed by atoms with van der Waals surface area (Å²) in [6.07, 6.45) is -4.80. The zero-order valence-corrected chi connectivity index (χ0v) is 27.3. The number of para-hydroxylation sites is 1. The molecule has 6 rings (SSSR count). The molecule has 0 bridgehead atoms. The average molecular weight is 681 g/mol. The fraction of sp³-hybridized carbons (Fsp3) is 0.294. The molecule has 1 aromatic heterocycles. The van der Waals surface area contributed by atoms with Gasteiger partial charge in [-0.2, -0.15) is 13.2 Å². The monoisotopic (exact) mass is 680 g/mol. The average Bonchev–Trinajstić information content (AvgIpc) is 3.48. The van der Waals surface area contributed by atoms with E-state index in [1.165, 1.54) is 16.7 Å². The van der Waals surface area contributed by atoms with Crippen LogP contribution in [0, 0.1) is 12.8 Å². The first-order valence-corrected chi connectivity index (χ1v) is 16.8. The van der Waals surface area contributed by atoms with Gasteiger partial charge in [0.15, 0.2) is 0 Å². The molecule has 4 aromatic rings. The maximum absolute atomic E-state index is 14.2. The number of nitrogens with zero attached hydrogens (tertiary/aromatic N) is 3. The number of aromatic nitrogens is 1. The number of fused-ring (bicyclic) bond motifs is 2. The number of nitrogens with one attached hydrogen (secondary N) is 1. The van der Waals surface area contributed by atoms with E-state index in [0.717, 1.165) is 59.6 Å².